The number of carbonyl (C=O) groups excluding carboxylic acids is 1. The van der Waals surface area contributed by atoms with Gasteiger partial charge in [0.15, 0.2) is 0 Å². The van der Waals surface area contributed by atoms with Crippen molar-refractivity contribution in [3.05, 3.63) is 27.8 Å². The van der Waals surface area contributed by atoms with Crippen molar-refractivity contribution in [2.75, 3.05) is 0 Å². The predicted octanol–water partition coefficient (Wildman–Crippen LogP) is 4.24. The van der Waals surface area contributed by atoms with Gasteiger partial charge in [-0.2, -0.15) is 0 Å². The Balaban J connectivity index is 3.14. The van der Waals surface area contributed by atoms with E-state index in [1.807, 2.05) is 47.6 Å². The van der Waals surface area contributed by atoms with Crippen LogP contribution in [0.1, 0.15) is 44.4 Å². The fraction of sp³-hybridized carbons (Fsp3) is 0.562. The summed E-state index contributed by atoms with van der Waals surface area (Å²) in [4.78, 5) is 11.9. The molecule has 0 aliphatic heterocycles. The fourth-order valence-electron chi connectivity index (χ4n) is 1.99. The Morgan fingerprint density at radius 2 is 1.80 bits per heavy atom. The standard InChI is InChI=1S/C16H23ClO3/c1-9(2)19-14-7-11(5)16(17)12(6)13(14)8-15(18)20-10(3)4/h7,9-10H,8H2,1-6H3. The van der Waals surface area contributed by atoms with Crippen molar-refractivity contribution in [1.82, 2.24) is 0 Å². The lowest BCUT2D eigenvalue weighted by Crippen LogP contribution is -2.16. The number of aryl methyl sites for hydroxylation is 1. The molecule has 0 atom stereocenters. The zero-order chi connectivity index (χ0) is 15.4. The molecule has 112 valence electrons. The summed E-state index contributed by atoms with van der Waals surface area (Å²) >= 11 is 6.27. The van der Waals surface area contributed by atoms with Crippen molar-refractivity contribution in [2.45, 2.75) is 60.2 Å². The summed E-state index contributed by atoms with van der Waals surface area (Å²) in [6, 6.07) is 1.88. The number of hydrogen-bond donors (Lipinski definition) is 0. The van der Waals surface area contributed by atoms with Crippen LogP contribution in [0.5, 0.6) is 5.75 Å². The van der Waals surface area contributed by atoms with Crippen LogP contribution < -0.4 is 4.74 Å². The lowest BCUT2D eigenvalue weighted by atomic mass is 10.0. The van der Waals surface area contributed by atoms with E-state index in [0.29, 0.717) is 10.8 Å². The third-order valence-electron chi connectivity index (χ3n) is 2.82. The number of halogens is 1. The highest BCUT2D eigenvalue weighted by molar-refractivity contribution is 6.32. The largest absolute Gasteiger partial charge is 0.491 e. The minimum absolute atomic E-state index is 0.0369. The molecule has 0 radical (unpaired) electrons. The molecule has 0 bridgehead atoms. The summed E-state index contributed by atoms with van der Waals surface area (Å²) < 4.78 is 11.0. The van der Waals surface area contributed by atoms with E-state index in [4.69, 9.17) is 21.1 Å². The highest BCUT2D eigenvalue weighted by Gasteiger charge is 2.18. The Morgan fingerprint density at radius 1 is 1.20 bits per heavy atom. The zero-order valence-corrected chi connectivity index (χ0v) is 13.8. The Labute approximate surface area is 126 Å². The summed E-state index contributed by atoms with van der Waals surface area (Å²) in [7, 11) is 0. The highest BCUT2D eigenvalue weighted by atomic mass is 35.5. The van der Waals surface area contributed by atoms with Crippen LogP contribution in [0, 0.1) is 13.8 Å². The Bertz CT molecular complexity index is 493. The van der Waals surface area contributed by atoms with Gasteiger partial charge < -0.3 is 9.47 Å². The molecule has 0 aromatic heterocycles. The zero-order valence-electron chi connectivity index (χ0n) is 13.0. The van der Waals surface area contributed by atoms with Crippen LogP contribution in [-0.2, 0) is 16.0 Å². The molecule has 4 heteroatoms. The van der Waals surface area contributed by atoms with Gasteiger partial charge in [-0.3, -0.25) is 4.79 Å². The van der Waals surface area contributed by atoms with E-state index in [2.05, 4.69) is 0 Å². The van der Waals surface area contributed by atoms with Crippen LogP contribution in [0.4, 0.5) is 0 Å². The third kappa shape index (κ3) is 4.41. The topological polar surface area (TPSA) is 35.5 Å². The molecule has 0 unspecified atom stereocenters. The van der Waals surface area contributed by atoms with Gasteiger partial charge in [0.2, 0.25) is 0 Å². The van der Waals surface area contributed by atoms with Crippen molar-refractivity contribution in [2.24, 2.45) is 0 Å². The molecule has 0 aliphatic carbocycles. The van der Waals surface area contributed by atoms with E-state index in [9.17, 15) is 4.79 Å². The van der Waals surface area contributed by atoms with E-state index in [1.165, 1.54) is 0 Å². The molecule has 0 saturated heterocycles. The summed E-state index contributed by atoms with van der Waals surface area (Å²) in [5.74, 6) is 0.441. The lowest BCUT2D eigenvalue weighted by molar-refractivity contribution is -0.146. The van der Waals surface area contributed by atoms with Crippen LogP contribution in [0.2, 0.25) is 5.02 Å². The first-order valence-electron chi connectivity index (χ1n) is 6.87. The number of rotatable bonds is 5. The van der Waals surface area contributed by atoms with Crippen molar-refractivity contribution < 1.29 is 14.3 Å². The maximum Gasteiger partial charge on any atom is 0.310 e. The molecule has 1 aromatic rings. The minimum Gasteiger partial charge on any atom is -0.491 e. The van der Waals surface area contributed by atoms with Crippen molar-refractivity contribution >= 4 is 17.6 Å². The van der Waals surface area contributed by atoms with Crippen LogP contribution in [0.15, 0.2) is 6.07 Å². The molecular weight excluding hydrogens is 276 g/mol. The molecule has 0 fully saturated rings. The monoisotopic (exact) mass is 298 g/mol. The molecular formula is C16H23ClO3. The van der Waals surface area contributed by atoms with E-state index in [0.717, 1.165) is 16.7 Å². The molecule has 0 aliphatic rings. The molecule has 0 N–H and O–H groups in total. The van der Waals surface area contributed by atoms with Gasteiger partial charge in [0.1, 0.15) is 5.75 Å². The maximum absolute atomic E-state index is 11.9. The molecule has 1 rings (SSSR count). The van der Waals surface area contributed by atoms with Gasteiger partial charge >= 0.3 is 5.97 Å². The summed E-state index contributed by atoms with van der Waals surface area (Å²) in [6.07, 6.45) is 0.0829. The lowest BCUT2D eigenvalue weighted by Gasteiger charge is -2.19. The SMILES string of the molecule is Cc1cc(OC(C)C)c(CC(=O)OC(C)C)c(C)c1Cl. The highest BCUT2D eigenvalue weighted by Crippen LogP contribution is 2.32. The second-order valence-electron chi connectivity index (χ2n) is 5.49. The number of esters is 1. The van der Waals surface area contributed by atoms with Gasteiger partial charge in [0.05, 0.1) is 18.6 Å². The average Bonchev–Trinajstić information content (AvgIpc) is 2.30. The number of carbonyl (C=O) groups is 1. The first-order valence-corrected chi connectivity index (χ1v) is 7.24. The van der Waals surface area contributed by atoms with Crippen molar-refractivity contribution in [3.63, 3.8) is 0 Å². The molecule has 0 saturated carbocycles. The second kappa shape index (κ2) is 6.98. The molecule has 3 nitrogen and oxygen atoms in total. The van der Waals surface area contributed by atoms with Gasteiger partial charge in [-0.05, 0) is 58.7 Å². The van der Waals surface area contributed by atoms with Crippen molar-refractivity contribution in [1.29, 1.82) is 0 Å². The quantitative estimate of drug-likeness (QED) is 0.763. The second-order valence-corrected chi connectivity index (χ2v) is 5.87. The summed E-state index contributed by atoms with van der Waals surface area (Å²) in [5.41, 5.74) is 2.63. The molecule has 20 heavy (non-hydrogen) atoms. The third-order valence-corrected chi connectivity index (χ3v) is 3.41. The fourth-order valence-corrected chi connectivity index (χ4v) is 2.16. The molecule has 0 spiro atoms. The number of benzene rings is 1. The van der Waals surface area contributed by atoms with E-state index in [-0.39, 0.29) is 24.6 Å². The van der Waals surface area contributed by atoms with Crippen LogP contribution in [0.25, 0.3) is 0 Å². The average molecular weight is 299 g/mol. The van der Waals surface area contributed by atoms with E-state index < -0.39 is 0 Å². The number of hydrogen-bond acceptors (Lipinski definition) is 3. The van der Waals surface area contributed by atoms with Gasteiger partial charge in [-0.25, -0.2) is 0 Å². The Morgan fingerprint density at radius 3 is 2.30 bits per heavy atom. The van der Waals surface area contributed by atoms with Gasteiger partial charge in [-0.1, -0.05) is 11.6 Å². The first-order chi connectivity index (χ1) is 9.22. The van der Waals surface area contributed by atoms with E-state index >= 15 is 0 Å². The van der Waals surface area contributed by atoms with Crippen LogP contribution in [0.3, 0.4) is 0 Å². The molecule has 0 amide bonds. The minimum atomic E-state index is -0.267. The van der Waals surface area contributed by atoms with Crippen molar-refractivity contribution in [3.8, 4) is 5.75 Å². The number of ether oxygens (including phenoxy) is 2. The van der Waals surface area contributed by atoms with Crippen LogP contribution in [-0.4, -0.2) is 18.2 Å². The Kier molecular flexibility index (Phi) is 5.88. The molecule has 1 aromatic carbocycles. The maximum atomic E-state index is 11.9. The van der Waals surface area contributed by atoms with Gasteiger partial charge in [0, 0.05) is 10.6 Å². The normalized spacial score (nSPS) is 11.1. The summed E-state index contributed by atoms with van der Waals surface area (Å²) in [6.45, 7) is 11.4. The van der Waals surface area contributed by atoms with Gasteiger partial charge in [0.25, 0.3) is 0 Å². The van der Waals surface area contributed by atoms with Gasteiger partial charge in [-0.15, -0.1) is 0 Å². The van der Waals surface area contributed by atoms with E-state index in [1.54, 1.807) is 0 Å². The predicted molar refractivity (Wildman–Crippen MR) is 81.6 cm³/mol. The summed E-state index contributed by atoms with van der Waals surface area (Å²) in [5, 5.41) is 0.674. The molecule has 0 heterocycles. The Hall–Kier alpha value is -1.22. The van der Waals surface area contributed by atoms with Crippen LogP contribution >= 0.6 is 11.6 Å². The first kappa shape index (κ1) is 16.8. The smallest absolute Gasteiger partial charge is 0.310 e.